The number of aliphatic carboxylic acids is 1. The number of rotatable bonds is 5. The lowest BCUT2D eigenvalue weighted by atomic mass is 10.3. The number of nitrogens with zero attached hydrogens (tertiary/aromatic N) is 2. The number of alkyl halides is 2. The van der Waals surface area contributed by atoms with Crippen LogP contribution in [0.4, 0.5) is 8.78 Å². The maximum absolute atomic E-state index is 12.3. The number of imidazole rings is 1. The number of aromatic nitrogens is 2. The molecule has 0 saturated carbocycles. The second-order valence-corrected chi connectivity index (χ2v) is 2.97. The van der Waals surface area contributed by atoms with Gasteiger partial charge in [-0.25, -0.2) is 4.98 Å². The van der Waals surface area contributed by atoms with Gasteiger partial charge in [-0.3, -0.25) is 14.7 Å². The Hall–Kier alpha value is -1.50. The van der Waals surface area contributed by atoms with Crippen LogP contribution in [0.2, 0.25) is 0 Å². The molecule has 0 aliphatic rings. The van der Waals surface area contributed by atoms with Crippen LogP contribution in [-0.2, 0) is 11.3 Å². The average molecular weight is 219 g/mol. The van der Waals surface area contributed by atoms with Crippen molar-refractivity contribution in [1.82, 2.24) is 14.9 Å². The predicted molar refractivity (Wildman–Crippen MR) is 47.4 cm³/mol. The lowest BCUT2D eigenvalue weighted by Gasteiger charge is -2.10. The summed E-state index contributed by atoms with van der Waals surface area (Å²) in [6.45, 7) is -1.24. The lowest BCUT2D eigenvalue weighted by molar-refractivity contribution is -0.139. The molecule has 84 valence electrons. The Morgan fingerprint density at radius 3 is 2.93 bits per heavy atom. The van der Waals surface area contributed by atoms with Crippen molar-refractivity contribution in [3.05, 3.63) is 18.2 Å². The van der Waals surface area contributed by atoms with E-state index < -0.39 is 18.6 Å². The smallest absolute Gasteiger partial charge is 0.320 e. The van der Waals surface area contributed by atoms with Gasteiger partial charge in [0.05, 0.1) is 6.54 Å². The number of carboxylic acids is 1. The highest BCUT2D eigenvalue weighted by Crippen LogP contribution is 2.11. The molecule has 7 heteroatoms. The molecule has 0 radical (unpaired) electrons. The SMILES string of the molecule is CC(NCc1nccn1C(F)F)C(=O)O. The molecule has 1 unspecified atom stereocenters. The summed E-state index contributed by atoms with van der Waals surface area (Å²) in [6, 6.07) is -0.798. The van der Waals surface area contributed by atoms with E-state index in [0.29, 0.717) is 4.57 Å². The van der Waals surface area contributed by atoms with Crippen LogP contribution in [0.3, 0.4) is 0 Å². The highest BCUT2D eigenvalue weighted by Gasteiger charge is 2.14. The molecule has 0 aliphatic heterocycles. The van der Waals surface area contributed by atoms with Crippen molar-refractivity contribution in [1.29, 1.82) is 0 Å². The van der Waals surface area contributed by atoms with E-state index in [1.54, 1.807) is 0 Å². The van der Waals surface area contributed by atoms with Gasteiger partial charge >= 0.3 is 12.5 Å². The normalized spacial score (nSPS) is 13.1. The summed E-state index contributed by atoms with van der Waals surface area (Å²) in [5.74, 6) is -0.928. The molecule has 1 aromatic rings. The van der Waals surface area contributed by atoms with Crippen molar-refractivity contribution in [3.63, 3.8) is 0 Å². The van der Waals surface area contributed by atoms with Crippen LogP contribution in [0.25, 0.3) is 0 Å². The van der Waals surface area contributed by atoms with E-state index in [-0.39, 0.29) is 12.4 Å². The van der Waals surface area contributed by atoms with E-state index in [1.165, 1.54) is 13.1 Å². The van der Waals surface area contributed by atoms with Gasteiger partial charge in [-0.1, -0.05) is 0 Å². The second kappa shape index (κ2) is 4.83. The molecule has 2 N–H and O–H groups in total. The Bertz CT molecular complexity index is 340. The third-order valence-electron chi connectivity index (χ3n) is 1.90. The van der Waals surface area contributed by atoms with Gasteiger partial charge in [0.25, 0.3) is 0 Å². The van der Waals surface area contributed by atoms with Gasteiger partial charge < -0.3 is 5.11 Å². The summed E-state index contributed by atoms with van der Waals surface area (Å²) in [7, 11) is 0. The van der Waals surface area contributed by atoms with Gasteiger partial charge in [-0.2, -0.15) is 8.78 Å². The molecule has 0 fully saturated rings. The minimum Gasteiger partial charge on any atom is -0.480 e. The van der Waals surface area contributed by atoms with Crippen LogP contribution in [0.1, 0.15) is 19.3 Å². The molecule has 1 heterocycles. The lowest BCUT2D eigenvalue weighted by Crippen LogP contribution is -2.34. The number of nitrogens with one attached hydrogen (secondary N) is 1. The number of carbonyl (C=O) groups is 1. The summed E-state index contributed by atoms with van der Waals surface area (Å²) in [6.07, 6.45) is 2.39. The Kier molecular flexibility index (Phi) is 3.73. The topological polar surface area (TPSA) is 67.2 Å². The first-order chi connectivity index (χ1) is 7.02. The van der Waals surface area contributed by atoms with Crippen molar-refractivity contribution in [3.8, 4) is 0 Å². The quantitative estimate of drug-likeness (QED) is 0.770. The molecular formula is C8H11F2N3O2. The van der Waals surface area contributed by atoms with Gasteiger partial charge in [0.2, 0.25) is 0 Å². The minimum absolute atomic E-state index is 0.00912. The first-order valence-corrected chi connectivity index (χ1v) is 4.28. The fourth-order valence-electron chi connectivity index (χ4n) is 0.990. The fourth-order valence-corrected chi connectivity index (χ4v) is 0.990. The largest absolute Gasteiger partial charge is 0.480 e. The molecule has 0 bridgehead atoms. The molecule has 0 saturated heterocycles. The average Bonchev–Trinajstić information content (AvgIpc) is 2.61. The third kappa shape index (κ3) is 2.98. The number of halogens is 2. The summed E-state index contributed by atoms with van der Waals surface area (Å²) in [5, 5.41) is 11.1. The molecule has 0 aliphatic carbocycles. The molecule has 1 aromatic heterocycles. The van der Waals surface area contributed by atoms with E-state index in [2.05, 4.69) is 10.3 Å². The molecule has 1 rings (SSSR count). The zero-order chi connectivity index (χ0) is 11.4. The zero-order valence-electron chi connectivity index (χ0n) is 8.02. The van der Waals surface area contributed by atoms with Crippen molar-refractivity contribution in [2.45, 2.75) is 26.1 Å². The number of carboxylic acid groups (broad SMARTS) is 1. The molecule has 0 aromatic carbocycles. The van der Waals surface area contributed by atoms with Crippen molar-refractivity contribution in [2.24, 2.45) is 0 Å². The Labute approximate surface area is 84.7 Å². The maximum Gasteiger partial charge on any atom is 0.320 e. The molecule has 5 nitrogen and oxygen atoms in total. The van der Waals surface area contributed by atoms with E-state index >= 15 is 0 Å². The van der Waals surface area contributed by atoms with Crippen LogP contribution in [0, 0.1) is 0 Å². The summed E-state index contributed by atoms with van der Waals surface area (Å²) >= 11 is 0. The van der Waals surface area contributed by atoms with Crippen LogP contribution in [0.15, 0.2) is 12.4 Å². The van der Waals surface area contributed by atoms with E-state index in [9.17, 15) is 13.6 Å². The van der Waals surface area contributed by atoms with Crippen LogP contribution >= 0.6 is 0 Å². The third-order valence-corrected chi connectivity index (χ3v) is 1.90. The highest BCUT2D eigenvalue weighted by molar-refractivity contribution is 5.72. The van der Waals surface area contributed by atoms with Crippen LogP contribution in [-0.4, -0.2) is 26.7 Å². The molecule has 0 amide bonds. The van der Waals surface area contributed by atoms with Gasteiger partial charge in [-0.15, -0.1) is 0 Å². The molecule has 15 heavy (non-hydrogen) atoms. The van der Waals surface area contributed by atoms with Gasteiger partial charge in [-0.05, 0) is 6.92 Å². The van der Waals surface area contributed by atoms with Crippen molar-refractivity contribution < 1.29 is 18.7 Å². The standard InChI is InChI=1S/C8H11F2N3O2/c1-5(7(14)15)12-4-6-11-2-3-13(6)8(9)10/h2-3,5,8,12H,4H2,1H3,(H,14,15). The fraction of sp³-hybridized carbons (Fsp3) is 0.500. The second-order valence-electron chi connectivity index (χ2n) is 2.97. The molecular weight excluding hydrogens is 208 g/mol. The first-order valence-electron chi connectivity index (χ1n) is 4.28. The van der Waals surface area contributed by atoms with Gasteiger partial charge in [0.15, 0.2) is 0 Å². The maximum atomic E-state index is 12.3. The summed E-state index contributed by atoms with van der Waals surface area (Å²) < 4.78 is 25.3. The van der Waals surface area contributed by atoms with Crippen molar-refractivity contribution >= 4 is 5.97 Å². The van der Waals surface area contributed by atoms with Crippen LogP contribution in [0.5, 0.6) is 0 Å². The van der Waals surface area contributed by atoms with E-state index in [0.717, 1.165) is 6.20 Å². The van der Waals surface area contributed by atoms with Gasteiger partial charge in [0.1, 0.15) is 11.9 Å². The summed E-state index contributed by atoms with van der Waals surface area (Å²) in [4.78, 5) is 14.1. The predicted octanol–water partition coefficient (Wildman–Crippen LogP) is 0.841. The summed E-state index contributed by atoms with van der Waals surface area (Å²) in [5.41, 5.74) is 0. The number of hydrogen-bond acceptors (Lipinski definition) is 3. The number of hydrogen-bond donors (Lipinski definition) is 2. The minimum atomic E-state index is -2.66. The monoisotopic (exact) mass is 219 g/mol. The highest BCUT2D eigenvalue weighted by atomic mass is 19.3. The Morgan fingerprint density at radius 2 is 2.40 bits per heavy atom. The molecule has 1 atom stereocenters. The van der Waals surface area contributed by atoms with Gasteiger partial charge in [0, 0.05) is 12.4 Å². The van der Waals surface area contributed by atoms with Crippen LogP contribution < -0.4 is 5.32 Å². The Morgan fingerprint density at radius 1 is 1.73 bits per heavy atom. The first kappa shape index (κ1) is 11.6. The molecule has 0 spiro atoms. The zero-order valence-corrected chi connectivity index (χ0v) is 8.02. The van der Waals surface area contributed by atoms with E-state index in [1.807, 2.05) is 0 Å². The van der Waals surface area contributed by atoms with Crippen molar-refractivity contribution in [2.75, 3.05) is 0 Å². The Balaban J connectivity index is 2.57. The van der Waals surface area contributed by atoms with E-state index in [4.69, 9.17) is 5.11 Å².